The zero-order chi connectivity index (χ0) is 17.3. The molecule has 6 nitrogen and oxygen atoms in total. The lowest BCUT2D eigenvalue weighted by molar-refractivity contribution is -0.117. The van der Waals surface area contributed by atoms with Gasteiger partial charge in [0.25, 0.3) is 5.91 Å². The van der Waals surface area contributed by atoms with Crippen LogP contribution < -0.4 is 10.2 Å². The first-order valence-corrected chi connectivity index (χ1v) is 7.50. The van der Waals surface area contributed by atoms with Crippen LogP contribution in [0.1, 0.15) is 22.5 Å². The number of halogens is 2. The third kappa shape index (κ3) is 3.09. The van der Waals surface area contributed by atoms with Crippen LogP contribution >= 0.6 is 11.6 Å². The fraction of sp³-hybridized carbons (Fsp3) is 0.188. The summed E-state index contributed by atoms with van der Waals surface area (Å²) in [5.74, 6) is -1.23. The molecule has 24 heavy (non-hydrogen) atoms. The Morgan fingerprint density at radius 2 is 2.25 bits per heavy atom. The van der Waals surface area contributed by atoms with Gasteiger partial charge in [-0.3, -0.25) is 9.59 Å². The molecule has 1 aliphatic heterocycles. The van der Waals surface area contributed by atoms with Gasteiger partial charge in [-0.25, -0.2) is 4.39 Å². The fourth-order valence-electron chi connectivity index (χ4n) is 2.56. The quantitative estimate of drug-likeness (QED) is 0.893. The second kappa shape index (κ2) is 6.34. The van der Waals surface area contributed by atoms with Gasteiger partial charge in [-0.1, -0.05) is 11.6 Å². The molecule has 8 heteroatoms. The van der Waals surface area contributed by atoms with E-state index in [-0.39, 0.29) is 29.6 Å². The summed E-state index contributed by atoms with van der Waals surface area (Å²) in [6.07, 6.45) is 1.54. The summed E-state index contributed by atoms with van der Waals surface area (Å²) in [6.45, 7) is 0.234. The number of nitriles is 1. The summed E-state index contributed by atoms with van der Waals surface area (Å²) < 4.78 is 13.6. The van der Waals surface area contributed by atoms with Crippen molar-refractivity contribution >= 4 is 29.1 Å². The molecule has 1 atom stereocenters. The number of anilines is 1. The van der Waals surface area contributed by atoms with Crippen molar-refractivity contribution in [1.29, 1.82) is 5.26 Å². The van der Waals surface area contributed by atoms with Crippen LogP contribution in [0.25, 0.3) is 0 Å². The number of carbonyl (C=O) groups is 2. The van der Waals surface area contributed by atoms with Gasteiger partial charge in [0.2, 0.25) is 5.91 Å². The Kier molecular flexibility index (Phi) is 4.23. The van der Waals surface area contributed by atoms with Crippen LogP contribution in [0, 0.1) is 17.1 Å². The van der Waals surface area contributed by atoms with E-state index >= 15 is 0 Å². The third-order valence-corrected chi connectivity index (χ3v) is 4.04. The van der Waals surface area contributed by atoms with Crippen molar-refractivity contribution in [1.82, 2.24) is 10.3 Å². The molecule has 1 saturated heterocycles. The van der Waals surface area contributed by atoms with Crippen LogP contribution in [0.4, 0.5) is 10.1 Å². The second-order valence-electron chi connectivity index (χ2n) is 5.39. The molecule has 1 aromatic heterocycles. The zero-order valence-electron chi connectivity index (χ0n) is 12.3. The van der Waals surface area contributed by atoms with Crippen LogP contribution in [0.2, 0.25) is 5.02 Å². The molecule has 2 amide bonds. The number of carbonyl (C=O) groups excluding carboxylic acids is 2. The number of hydrogen-bond acceptors (Lipinski definition) is 3. The summed E-state index contributed by atoms with van der Waals surface area (Å²) in [5, 5.41) is 11.5. The molecule has 2 N–H and O–H groups in total. The SMILES string of the molecule is N#Cc1c[nH]c(C(=O)NC2CC(=O)N(c3ccc(Cl)c(F)c3)C2)c1. The highest BCUT2D eigenvalue weighted by molar-refractivity contribution is 6.30. The van der Waals surface area contributed by atoms with Crippen LogP contribution in [-0.2, 0) is 4.79 Å². The fourth-order valence-corrected chi connectivity index (χ4v) is 2.68. The number of benzene rings is 1. The van der Waals surface area contributed by atoms with Crippen molar-refractivity contribution in [2.45, 2.75) is 12.5 Å². The number of aromatic nitrogens is 1. The van der Waals surface area contributed by atoms with Gasteiger partial charge in [-0.2, -0.15) is 5.26 Å². The number of amides is 2. The van der Waals surface area contributed by atoms with E-state index in [1.54, 1.807) is 6.07 Å². The first-order valence-electron chi connectivity index (χ1n) is 7.12. The first-order chi connectivity index (χ1) is 11.5. The standard InChI is InChI=1S/C16H12ClFN4O2/c17-12-2-1-11(5-13(12)18)22-8-10(4-15(22)23)21-16(24)14-3-9(6-19)7-20-14/h1-3,5,7,10,20H,4,8H2,(H,21,24). The number of aromatic amines is 1. The summed E-state index contributed by atoms with van der Waals surface area (Å²) in [4.78, 5) is 28.3. The molecule has 2 aromatic rings. The van der Waals surface area contributed by atoms with Gasteiger partial charge in [0.05, 0.1) is 16.6 Å². The Labute approximate surface area is 141 Å². The highest BCUT2D eigenvalue weighted by Crippen LogP contribution is 2.25. The molecule has 2 heterocycles. The molecule has 1 aliphatic rings. The summed E-state index contributed by atoms with van der Waals surface area (Å²) in [7, 11) is 0. The Morgan fingerprint density at radius 3 is 2.92 bits per heavy atom. The minimum atomic E-state index is -0.607. The highest BCUT2D eigenvalue weighted by Gasteiger charge is 2.32. The van der Waals surface area contributed by atoms with Gasteiger partial charge in [0.1, 0.15) is 17.6 Å². The zero-order valence-corrected chi connectivity index (χ0v) is 13.1. The number of hydrogen-bond donors (Lipinski definition) is 2. The number of nitrogens with zero attached hydrogens (tertiary/aromatic N) is 2. The summed E-state index contributed by atoms with van der Waals surface area (Å²) in [6, 6.07) is 7.07. The molecule has 1 unspecified atom stereocenters. The van der Waals surface area contributed by atoms with Crippen LogP contribution in [0.3, 0.4) is 0 Å². The molecule has 0 bridgehead atoms. The Hall–Kier alpha value is -2.85. The van der Waals surface area contributed by atoms with Crippen molar-refractivity contribution in [2.75, 3.05) is 11.4 Å². The van der Waals surface area contributed by atoms with Crippen LogP contribution in [-0.4, -0.2) is 29.4 Å². The molecule has 3 rings (SSSR count). The third-order valence-electron chi connectivity index (χ3n) is 3.73. The van der Waals surface area contributed by atoms with Gasteiger partial charge < -0.3 is 15.2 Å². The van der Waals surface area contributed by atoms with E-state index in [4.69, 9.17) is 16.9 Å². The van der Waals surface area contributed by atoms with Crippen molar-refractivity contribution in [3.8, 4) is 6.07 Å². The number of rotatable bonds is 3. The maximum Gasteiger partial charge on any atom is 0.268 e. The predicted molar refractivity (Wildman–Crippen MR) is 85.1 cm³/mol. The summed E-state index contributed by atoms with van der Waals surface area (Å²) in [5.41, 5.74) is 0.987. The molecule has 1 fully saturated rings. The highest BCUT2D eigenvalue weighted by atomic mass is 35.5. The Bertz CT molecular complexity index is 858. The van der Waals surface area contributed by atoms with E-state index in [1.807, 2.05) is 6.07 Å². The summed E-state index contributed by atoms with van der Waals surface area (Å²) >= 11 is 5.64. The average Bonchev–Trinajstić information content (AvgIpc) is 3.17. The van der Waals surface area contributed by atoms with E-state index < -0.39 is 17.8 Å². The van der Waals surface area contributed by atoms with Gasteiger partial charge in [0.15, 0.2) is 0 Å². The van der Waals surface area contributed by atoms with Gasteiger partial charge in [-0.05, 0) is 24.3 Å². The Balaban J connectivity index is 1.69. The van der Waals surface area contributed by atoms with Gasteiger partial charge in [0, 0.05) is 24.8 Å². The van der Waals surface area contributed by atoms with Crippen molar-refractivity contribution < 1.29 is 14.0 Å². The monoisotopic (exact) mass is 346 g/mol. The lowest BCUT2D eigenvalue weighted by Crippen LogP contribution is -2.37. The van der Waals surface area contributed by atoms with E-state index in [9.17, 15) is 14.0 Å². The molecule has 0 aliphatic carbocycles. The van der Waals surface area contributed by atoms with Crippen molar-refractivity contribution in [3.05, 3.63) is 52.6 Å². The minimum Gasteiger partial charge on any atom is -0.356 e. The second-order valence-corrected chi connectivity index (χ2v) is 5.80. The van der Waals surface area contributed by atoms with Crippen LogP contribution in [0.15, 0.2) is 30.5 Å². The lowest BCUT2D eigenvalue weighted by Gasteiger charge is -2.17. The maximum absolute atomic E-state index is 13.6. The number of H-pyrrole nitrogens is 1. The van der Waals surface area contributed by atoms with Crippen LogP contribution in [0.5, 0.6) is 0 Å². The van der Waals surface area contributed by atoms with E-state index in [0.717, 1.165) is 0 Å². The molecule has 122 valence electrons. The molecular weight excluding hydrogens is 335 g/mol. The minimum absolute atomic E-state index is 0.0182. The van der Waals surface area contributed by atoms with Gasteiger partial charge in [-0.15, -0.1) is 0 Å². The van der Waals surface area contributed by atoms with Crippen molar-refractivity contribution in [2.24, 2.45) is 0 Å². The number of nitrogens with one attached hydrogen (secondary N) is 2. The van der Waals surface area contributed by atoms with E-state index in [1.165, 1.54) is 29.3 Å². The molecule has 0 saturated carbocycles. The topological polar surface area (TPSA) is 89.0 Å². The smallest absolute Gasteiger partial charge is 0.268 e. The average molecular weight is 347 g/mol. The molecule has 0 radical (unpaired) electrons. The van der Waals surface area contributed by atoms with E-state index in [2.05, 4.69) is 10.3 Å². The lowest BCUT2D eigenvalue weighted by atomic mass is 10.2. The molecule has 0 spiro atoms. The normalized spacial score (nSPS) is 17.0. The molecular formula is C16H12ClFN4O2. The molecule has 1 aromatic carbocycles. The first kappa shape index (κ1) is 16.0. The van der Waals surface area contributed by atoms with Crippen molar-refractivity contribution in [3.63, 3.8) is 0 Å². The Morgan fingerprint density at radius 1 is 1.46 bits per heavy atom. The van der Waals surface area contributed by atoms with E-state index in [0.29, 0.717) is 11.3 Å². The maximum atomic E-state index is 13.6. The largest absolute Gasteiger partial charge is 0.356 e. The van der Waals surface area contributed by atoms with Gasteiger partial charge >= 0.3 is 0 Å². The predicted octanol–water partition coefficient (Wildman–Crippen LogP) is 2.21.